The van der Waals surface area contributed by atoms with E-state index in [2.05, 4.69) is 5.32 Å². The summed E-state index contributed by atoms with van der Waals surface area (Å²) in [5.74, 6) is 2.15. The lowest BCUT2D eigenvalue weighted by Crippen LogP contribution is -2.30. The fraction of sp³-hybridized carbons (Fsp3) is 0.364. The van der Waals surface area contributed by atoms with Crippen LogP contribution >= 0.6 is 11.8 Å². The van der Waals surface area contributed by atoms with Crippen LogP contribution in [0.1, 0.15) is 41.2 Å². The maximum absolute atomic E-state index is 13.3. The number of benzene rings is 2. The minimum atomic E-state index is -0.0499. The molecule has 152 valence electrons. The highest BCUT2D eigenvalue weighted by atomic mass is 32.2. The molecule has 0 aliphatic carbocycles. The molecule has 1 saturated heterocycles. The summed E-state index contributed by atoms with van der Waals surface area (Å²) >= 11 is 1.64. The van der Waals surface area contributed by atoms with Crippen LogP contribution < -0.4 is 14.8 Å². The summed E-state index contributed by atoms with van der Waals surface area (Å²) in [6.45, 7) is 0.691. The fourth-order valence-electron chi connectivity index (χ4n) is 3.95. The van der Waals surface area contributed by atoms with Gasteiger partial charge in [0.25, 0.3) is 5.91 Å². The predicted molar refractivity (Wildman–Crippen MR) is 113 cm³/mol. The van der Waals surface area contributed by atoms with Crippen LogP contribution in [-0.2, 0) is 4.79 Å². The molecule has 7 heteroatoms. The van der Waals surface area contributed by atoms with E-state index in [0.29, 0.717) is 18.5 Å². The minimum absolute atomic E-state index is 0.0112. The third kappa shape index (κ3) is 3.92. The van der Waals surface area contributed by atoms with E-state index < -0.39 is 0 Å². The Labute approximate surface area is 174 Å². The molecular formula is C22H24N2O4S. The van der Waals surface area contributed by atoms with Crippen molar-refractivity contribution in [1.29, 1.82) is 0 Å². The van der Waals surface area contributed by atoms with Gasteiger partial charge < -0.3 is 19.7 Å². The van der Waals surface area contributed by atoms with E-state index in [1.54, 1.807) is 32.0 Å². The van der Waals surface area contributed by atoms with Crippen molar-refractivity contribution in [2.75, 3.05) is 31.8 Å². The summed E-state index contributed by atoms with van der Waals surface area (Å²) in [4.78, 5) is 28.1. The molecule has 2 aliphatic rings. The van der Waals surface area contributed by atoms with Crippen molar-refractivity contribution in [2.45, 2.75) is 30.2 Å². The Morgan fingerprint density at radius 1 is 1.17 bits per heavy atom. The minimum Gasteiger partial charge on any atom is -0.497 e. The maximum atomic E-state index is 13.3. The molecule has 2 heterocycles. The number of carbonyl (C=O) groups is 2. The number of amides is 2. The molecule has 1 N–H and O–H groups in total. The SMILES string of the molecule is COc1ccc(C2CCCN2C(=O)c2ccc3c(c2)NC(=O)CCS3)c(OC)c1. The van der Waals surface area contributed by atoms with Gasteiger partial charge in [-0.1, -0.05) is 0 Å². The average Bonchev–Trinajstić information content (AvgIpc) is 3.15. The van der Waals surface area contributed by atoms with Crippen molar-refractivity contribution < 1.29 is 19.1 Å². The van der Waals surface area contributed by atoms with Crippen LogP contribution in [0.25, 0.3) is 0 Å². The van der Waals surface area contributed by atoms with Crippen molar-refractivity contribution >= 4 is 29.3 Å². The van der Waals surface area contributed by atoms with Gasteiger partial charge in [0.1, 0.15) is 11.5 Å². The van der Waals surface area contributed by atoms with E-state index in [0.717, 1.165) is 46.2 Å². The second-order valence-electron chi connectivity index (χ2n) is 7.12. The largest absolute Gasteiger partial charge is 0.497 e. The summed E-state index contributed by atoms with van der Waals surface area (Å²) in [6.07, 6.45) is 2.29. The zero-order chi connectivity index (χ0) is 20.4. The first kappa shape index (κ1) is 19.6. The number of likely N-dealkylation sites (tertiary alicyclic amines) is 1. The van der Waals surface area contributed by atoms with Gasteiger partial charge in [-0.3, -0.25) is 9.59 Å². The molecule has 0 saturated carbocycles. The lowest BCUT2D eigenvalue weighted by molar-refractivity contribution is -0.115. The monoisotopic (exact) mass is 412 g/mol. The number of thioether (sulfide) groups is 1. The molecule has 4 rings (SSSR count). The first-order chi connectivity index (χ1) is 14.1. The van der Waals surface area contributed by atoms with Gasteiger partial charge in [0.15, 0.2) is 0 Å². The van der Waals surface area contributed by atoms with Crippen LogP contribution in [0.5, 0.6) is 11.5 Å². The third-order valence-corrected chi connectivity index (χ3v) is 6.48. The number of rotatable bonds is 4. The molecule has 2 aliphatic heterocycles. The van der Waals surface area contributed by atoms with E-state index >= 15 is 0 Å². The van der Waals surface area contributed by atoms with Crippen molar-refractivity contribution in [3.05, 3.63) is 47.5 Å². The highest BCUT2D eigenvalue weighted by Gasteiger charge is 2.33. The molecule has 0 spiro atoms. The Kier molecular flexibility index (Phi) is 5.67. The Balaban J connectivity index is 1.63. The summed E-state index contributed by atoms with van der Waals surface area (Å²) < 4.78 is 10.9. The van der Waals surface area contributed by atoms with Crippen LogP contribution in [0.4, 0.5) is 5.69 Å². The quantitative estimate of drug-likeness (QED) is 0.818. The molecule has 0 aromatic heterocycles. The Morgan fingerprint density at radius 2 is 2.03 bits per heavy atom. The lowest BCUT2D eigenvalue weighted by atomic mass is 10.0. The van der Waals surface area contributed by atoms with Crippen LogP contribution in [0.3, 0.4) is 0 Å². The molecule has 2 amide bonds. The number of nitrogens with zero attached hydrogens (tertiary/aromatic N) is 1. The molecule has 1 fully saturated rings. The molecule has 0 bridgehead atoms. The standard InChI is InChI=1S/C22H24N2O4S/c1-27-15-6-7-16(19(13-15)28-2)18-4-3-10-24(18)22(26)14-5-8-20-17(12-14)23-21(25)9-11-29-20/h5-8,12-13,18H,3-4,9-11H2,1-2H3,(H,23,25). The zero-order valence-electron chi connectivity index (χ0n) is 16.6. The number of nitrogens with one attached hydrogen (secondary N) is 1. The Bertz CT molecular complexity index is 946. The molecule has 6 nitrogen and oxygen atoms in total. The summed E-state index contributed by atoms with van der Waals surface area (Å²) in [7, 11) is 3.25. The summed E-state index contributed by atoms with van der Waals surface area (Å²) in [6, 6.07) is 11.3. The Hall–Kier alpha value is -2.67. The summed E-state index contributed by atoms with van der Waals surface area (Å²) in [5, 5.41) is 2.92. The van der Waals surface area contributed by atoms with Gasteiger partial charge in [0.2, 0.25) is 5.91 Å². The van der Waals surface area contributed by atoms with Gasteiger partial charge in [-0.2, -0.15) is 0 Å². The summed E-state index contributed by atoms with van der Waals surface area (Å²) in [5.41, 5.74) is 2.30. The van der Waals surface area contributed by atoms with Crippen molar-refractivity contribution in [3.63, 3.8) is 0 Å². The van der Waals surface area contributed by atoms with Crippen LogP contribution in [0.15, 0.2) is 41.3 Å². The van der Waals surface area contributed by atoms with Crippen molar-refractivity contribution in [3.8, 4) is 11.5 Å². The van der Waals surface area contributed by atoms with Gasteiger partial charge in [0.05, 0.1) is 25.9 Å². The topological polar surface area (TPSA) is 67.9 Å². The number of fused-ring (bicyclic) bond motifs is 1. The number of anilines is 1. The second-order valence-corrected chi connectivity index (χ2v) is 8.26. The molecule has 0 radical (unpaired) electrons. The molecule has 2 aromatic carbocycles. The lowest BCUT2D eigenvalue weighted by Gasteiger charge is -2.27. The van der Waals surface area contributed by atoms with Crippen LogP contribution in [-0.4, -0.2) is 43.2 Å². The zero-order valence-corrected chi connectivity index (χ0v) is 17.4. The van der Waals surface area contributed by atoms with Crippen LogP contribution in [0, 0.1) is 0 Å². The van der Waals surface area contributed by atoms with E-state index in [4.69, 9.17) is 9.47 Å². The Morgan fingerprint density at radius 3 is 2.83 bits per heavy atom. The van der Waals surface area contributed by atoms with Gasteiger partial charge in [-0.15, -0.1) is 11.8 Å². The van der Waals surface area contributed by atoms with Gasteiger partial charge >= 0.3 is 0 Å². The van der Waals surface area contributed by atoms with E-state index in [-0.39, 0.29) is 17.9 Å². The average molecular weight is 413 g/mol. The van der Waals surface area contributed by atoms with Crippen LogP contribution in [0.2, 0.25) is 0 Å². The third-order valence-electron chi connectivity index (χ3n) is 5.40. The number of ether oxygens (including phenoxy) is 2. The second kappa shape index (κ2) is 8.37. The molecule has 2 aromatic rings. The first-order valence-corrected chi connectivity index (χ1v) is 10.7. The smallest absolute Gasteiger partial charge is 0.254 e. The molecule has 29 heavy (non-hydrogen) atoms. The number of hydrogen-bond acceptors (Lipinski definition) is 5. The normalized spacial score (nSPS) is 18.6. The van der Waals surface area contributed by atoms with Gasteiger partial charge in [-0.05, 0) is 43.2 Å². The highest BCUT2D eigenvalue weighted by molar-refractivity contribution is 7.99. The molecule has 1 atom stereocenters. The van der Waals surface area contributed by atoms with E-state index in [9.17, 15) is 9.59 Å². The highest BCUT2D eigenvalue weighted by Crippen LogP contribution is 2.40. The van der Waals surface area contributed by atoms with E-state index in [1.807, 2.05) is 35.2 Å². The molecular weight excluding hydrogens is 388 g/mol. The number of hydrogen-bond donors (Lipinski definition) is 1. The van der Waals surface area contributed by atoms with E-state index in [1.165, 1.54) is 0 Å². The first-order valence-electron chi connectivity index (χ1n) is 9.70. The van der Waals surface area contributed by atoms with Gasteiger partial charge in [0, 0.05) is 40.8 Å². The number of carbonyl (C=O) groups excluding carboxylic acids is 2. The van der Waals surface area contributed by atoms with Gasteiger partial charge in [-0.25, -0.2) is 0 Å². The number of methoxy groups -OCH3 is 2. The fourth-order valence-corrected chi connectivity index (χ4v) is 4.88. The van der Waals surface area contributed by atoms with Crippen molar-refractivity contribution in [2.24, 2.45) is 0 Å². The van der Waals surface area contributed by atoms with Crippen molar-refractivity contribution in [1.82, 2.24) is 4.90 Å². The maximum Gasteiger partial charge on any atom is 0.254 e. The molecule has 1 unspecified atom stereocenters. The predicted octanol–water partition coefficient (Wildman–Crippen LogP) is 4.12.